The average Bonchev–Trinajstić information content (AvgIpc) is 3.03. The number of pyridine rings is 1. The van der Waals surface area contributed by atoms with E-state index in [9.17, 15) is 4.79 Å². The van der Waals surface area contributed by atoms with Gasteiger partial charge in [-0.05, 0) is 18.2 Å². The Labute approximate surface area is 125 Å². The minimum atomic E-state index is -0.184. The molecule has 1 amide bonds. The number of carbonyl (C=O) groups is 1. The Morgan fingerprint density at radius 1 is 1.19 bits per heavy atom. The summed E-state index contributed by atoms with van der Waals surface area (Å²) in [7, 11) is 0. The monoisotopic (exact) mass is 295 g/mol. The number of nitrogens with one attached hydrogen (secondary N) is 2. The van der Waals surface area contributed by atoms with Gasteiger partial charge in [0.2, 0.25) is 0 Å². The largest absolute Gasteiger partial charge is 0.361 e. The third kappa shape index (κ3) is 1.84. The molecule has 0 atom stereocenters. The highest BCUT2D eigenvalue weighted by atomic mass is 35.5. The van der Waals surface area contributed by atoms with Gasteiger partial charge in [-0.2, -0.15) is 0 Å². The number of anilines is 1. The standard InChI is InChI=1S/C16H10ClN3O/c17-12-5-6-18-15-14(12)11(16(21)20-15)7-9-8-19-13-4-2-1-3-10(9)13/h1-8,19H,(H,18,20,21)/b11-7+. The van der Waals surface area contributed by atoms with Crippen molar-refractivity contribution in [3.05, 3.63) is 58.9 Å². The molecule has 1 aliphatic rings. The van der Waals surface area contributed by atoms with Crippen molar-refractivity contribution >= 4 is 45.9 Å². The molecule has 5 heteroatoms. The highest BCUT2D eigenvalue weighted by Crippen LogP contribution is 2.37. The summed E-state index contributed by atoms with van der Waals surface area (Å²) in [4.78, 5) is 19.5. The van der Waals surface area contributed by atoms with Crippen LogP contribution < -0.4 is 5.32 Å². The second kappa shape index (κ2) is 4.46. The molecule has 3 heterocycles. The quantitative estimate of drug-likeness (QED) is 0.672. The molecule has 3 aromatic rings. The van der Waals surface area contributed by atoms with Crippen LogP contribution >= 0.6 is 11.6 Å². The Morgan fingerprint density at radius 3 is 2.95 bits per heavy atom. The molecule has 0 saturated carbocycles. The number of hydrogen-bond donors (Lipinski definition) is 2. The van der Waals surface area contributed by atoms with E-state index in [1.54, 1.807) is 12.3 Å². The van der Waals surface area contributed by atoms with Gasteiger partial charge in [-0.3, -0.25) is 4.79 Å². The van der Waals surface area contributed by atoms with E-state index < -0.39 is 0 Å². The smallest absolute Gasteiger partial charge is 0.257 e. The van der Waals surface area contributed by atoms with Crippen LogP contribution in [0.2, 0.25) is 5.02 Å². The fourth-order valence-corrected chi connectivity index (χ4v) is 2.83. The van der Waals surface area contributed by atoms with Crippen molar-refractivity contribution in [1.82, 2.24) is 9.97 Å². The Balaban J connectivity index is 1.93. The van der Waals surface area contributed by atoms with Crippen molar-refractivity contribution < 1.29 is 4.79 Å². The highest BCUT2D eigenvalue weighted by Gasteiger charge is 2.27. The van der Waals surface area contributed by atoms with Crippen LogP contribution in [-0.2, 0) is 4.79 Å². The van der Waals surface area contributed by atoms with E-state index in [2.05, 4.69) is 15.3 Å². The second-order valence-corrected chi connectivity index (χ2v) is 5.23. The maximum absolute atomic E-state index is 12.2. The van der Waals surface area contributed by atoms with Crippen LogP contribution in [0.1, 0.15) is 11.1 Å². The third-order valence-electron chi connectivity index (χ3n) is 3.57. The summed E-state index contributed by atoms with van der Waals surface area (Å²) in [5.74, 6) is 0.328. The van der Waals surface area contributed by atoms with Gasteiger partial charge in [0.15, 0.2) is 0 Å². The molecular weight excluding hydrogens is 286 g/mol. The number of aromatic amines is 1. The van der Waals surface area contributed by atoms with Crippen LogP contribution in [0.5, 0.6) is 0 Å². The molecule has 1 aliphatic heterocycles. The molecule has 1 aromatic carbocycles. The first kappa shape index (κ1) is 12.2. The maximum atomic E-state index is 12.2. The maximum Gasteiger partial charge on any atom is 0.257 e. The van der Waals surface area contributed by atoms with Gasteiger partial charge >= 0.3 is 0 Å². The molecule has 0 aliphatic carbocycles. The number of carbonyl (C=O) groups excluding carboxylic acids is 1. The Hall–Kier alpha value is -2.59. The van der Waals surface area contributed by atoms with E-state index in [-0.39, 0.29) is 5.91 Å². The summed E-state index contributed by atoms with van der Waals surface area (Å²) in [5.41, 5.74) is 3.17. The number of benzene rings is 1. The second-order valence-electron chi connectivity index (χ2n) is 4.82. The fraction of sp³-hybridized carbons (Fsp3) is 0. The molecule has 21 heavy (non-hydrogen) atoms. The Bertz CT molecular complexity index is 911. The van der Waals surface area contributed by atoms with Gasteiger partial charge in [0.05, 0.1) is 10.6 Å². The van der Waals surface area contributed by atoms with Gasteiger partial charge in [-0.15, -0.1) is 0 Å². The summed E-state index contributed by atoms with van der Waals surface area (Å²) in [6.45, 7) is 0. The first-order valence-electron chi connectivity index (χ1n) is 6.48. The number of hydrogen-bond acceptors (Lipinski definition) is 2. The van der Waals surface area contributed by atoms with E-state index in [1.807, 2.05) is 36.5 Å². The number of halogens is 1. The van der Waals surface area contributed by atoms with Crippen molar-refractivity contribution in [3.63, 3.8) is 0 Å². The van der Waals surface area contributed by atoms with Crippen LogP contribution in [0.3, 0.4) is 0 Å². The lowest BCUT2D eigenvalue weighted by Crippen LogP contribution is -2.04. The first-order chi connectivity index (χ1) is 10.2. The number of aromatic nitrogens is 2. The SMILES string of the molecule is O=C1Nc2nccc(Cl)c2/C1=C\c1c[nH]c2ccccc12. The van der Waals surface area contributed by atoms with E-state index in [1.165, 1.54) is 0 Å². The molecule has 0 spiro atoms. The zero-order chi connectivity index (χ0) is 14.4. The van der Waals surface area contributed by atoms with Crippen molar-refractivity contribution in [2.45, 2.75) is 0 Å². The predicted octanol–water partition coefficient (Wildman–Crippen LogP) is 3.71. The molecule has 4 rings (SSSR count). The van der Waals surface area contributed by atoms with Gasteiger partial charge in [0.25, 0.3) is 5.91 Å². The molecule has 2 aromatic heterocycles. The zero-order valence-electron chi connectivity index (χ0n) is 10.9. The Morgan fingerprint density at radius 2 is 2.05 bits per heavy atom. The molecule has 102 valence electrons. The van der Waals surface area contributed by atoms with Gasteiger partial charge in [0.1, 0.15) is 5.82 Å². The molecule has 2 N–H and O–H groups in total. The van der Waals surface area contributed by atoms with Gasteiger partial charge in [-0.25, -0.2) is 4.98 Å². The van der Waals surface area contributed by atoms with Crippen LogP contribution in [0, 0.1) is 0 Å². The lowest BCUT2D eigenvalue weighted by atomic mass is 10.1. The highest BCUT2D eigenvalue weighted by molar-refractivity contribution is 6.41. The van der Waals surface area contributed by atoms with Crippen molar-refractivity contribution in [2.24, 2.45) is 0 Å². The minimum absolute atomic E-state index is 0.184. The van der Waals surface area contributed by atoms with E-state index in [4.69, 9.17) is 11.6 Å². The lowest BCUT2D eigenvalue weighted by molar-refractivity contribution is -0.110. The molecule has 0 bridgehead atoms. The van der Waals surface area contributed by atoms with E-state index in [0.717, 1.165) is 16.5 Å². The zero-order valence-corrected chi connectivity index (χ0v) is 11.6. The molecule has 4 nitrogen and oxygen atoms in total. The van der Waals surface area contributed by atoms with Crippen LogP contribution in [0.4, 0.5) is 5.82 Å². The van der Waals surface area contributed by atoms with Crippen LogP contribution in [0.25, 0.3) is 22.6 Å². The summed E-state index contributed by atoms with van der Waals surface area (Å²) < 4.78 is 0. The van der Waals surface area contributed by atoms with Crippen LogP contribution in [-0.4, -0.2) is 15.9 Å². The first-order valence-corrected chi connectivity index (χ1v) is 6.86. The number of rotatable bonds is 1. The lowest BCUT2D eigenvalue weighted by Gasteiger charge is -2.00. The number of fused-ring (bicyclic) bond motifs is 2. The molecule has 0 radical (unpaired) electrons. The van der Waals surface area contributed by atoms with Crippen molar-refractivity contribution in [3.8, 4) is 0 Å². The fourth-order valence-electron chi connectivity index (χ4n) is 2.58. The van der Waals surface area contributed by atoms with E-state index >= 15 is 0 Å². The topological polar surface area (TPSA) is 57.8 Å². The average molecular weight is 296 g/mol. The van der Waals surface area contributed by atoms with Gasteiger partial charge in [-0.1, -0.05) is 29.8 Å². The van der Waals surface area contributed by atoms with Gasteiger partial charge in [0, 0.05) is 34.4 Å². The summed E-state index contributed by atoms with van der Waals surface area (Å²) >= 11 is 6.21. The summed E-state index contributed by atoms with van der Waals surface area (Å²) in [5, 5.41) is 4.32. The van der Waals surface area contributed by atoms with Crippen molar-refractivity contribution in [2.75, 3.05) is 5.32 Å². The summed E-state index contributed by atoms with van der Waals surface area (Å²) in [6.07, 6.45) is 5.30. The van der Waals surface area contributed by atoms with E-state index in [0.29, 0.717) is 22.0 Å². The number of H-pyrrole nitrogens is 1. The summed E-state index contributed by atoms with van der Waals surface area (Å²) in [6, 6.07) is 9.62. The minimum Gasteiger partial charge on any atom is -0.361 e. The number of para-hydroxylation sites is 1. The normalized spacial score (nSPS) is 15.5. The predicted molar refractivity (Wildman–Crippen MR) is 84.0 cm³/mol. The molecular formula is C16H10ClN3O. The number of amides is 1. The third-order valence-corrected chi connectivity index (χ3v) is 3.88. The molecule has 0 saturated heterocycles. The Kier molecular flexibility index (Phi) is 2.59. The molecule has 0 fully saturated rings. The number of nitrogens with zero attached hydrogens (tertiary/aromatic N) is 1. The molecule has 0 unspecified atom stereocenters. The van der Waals surface area contributed by atoms with Crippen molar-refractivity contribution in [1.29, 1.82) is 0 Å². The van der Waals surface area contributed by atoms with Gasteiger partial charge < -0.3 is 10.3 Å². The van der Waals surface area contributed by atoms with Crippen LogP contribution in [0.15, 0.2) is 42.7 Å².